The standard InChI is InChI=1S/C12H19ClN2/c1-9(12(8-14)15(2)3)10-4-6-11(13)7-5-10/h4-7,9,12H,8,14H2,1-3H3. The highest BCUT2D eigenvalue weighted by Crippen LogP contribution is 2.22. The predicted octanol–water partition coefficient (Wildman–Crippen LogP) is 2.33. The summed E-state index contributed by atoms with van der Waals surface area (Å²) in [5, 5.41) is 0.778. The molecule has 1 aromatic carbocycles. The molecule has 0 aliphatic carbocycles. The lowest BCUT2D eigenvalue weighted by molar-refractivity contribution is 0.267. The average Bonchev–Trinajstić information content (AvgIpc) is 2.19. The maximum absolute atomic E-state index is 5.86. The van der Waals surface area contributed by atoms with Crippen LogP contribution in [0.15, 0.2) is 24.3 Å². The smallest absolute Gasteiger partial charge is 0.0406 e. The molecule has 0 aliphatic rings. The van der Waals surface area contributed by atoms with Crippen molar-refractivity contribution in [3.63, 3.8) is 0 Å². The van der Waals surface area contributed by atoms with E-state index in [1.165, 1.54) is 5.56 Å². The molecule has 0 bridgehead atoms. The number of nitrogens with two attached hydrogens (primary N) is 1. The maximum Gasteiger partial charge on any atom is 0.0406 e. The van der Waals surface area contributed by atoms with Crippen molar-refractivity contribution in [1.82, 2.24) is 4.90 Å². The molecule has 3 heteroatoms. The minimum Gasteiger partial charge on any atom is -0.329 e. The number of hydrogen-bond donors (Lipinski definition) is 1. The highest BCUT2D eigenvalue weighted by Gasteiger charge is 2.19. The molecule has 84 valence electrons. The molecule has 0 heterocycles. The van der Waals surface area contributed by atoms with Gasteiger partial charge in [-0.3, -0.25) is 0 Å². The lowest BCUT2D eigenvalue weighted by Crippen LogP contribution is -2.39. The van der Waals surface area contributed by atoms with Gasteiger partial charge in [-0.05, 0) is 37.7 Å². The lowest BCUT2D eigenvalue weighted by atomic mass is 9.93. The molecule has 0 saturated carbocycles. The largest absolute Gasteiger partial charge is 0.329 e. The van der Waals surface area contributed by atoms with Crippen LogP contribution in [0, 0.1) is 0 Å². The molecule has 2 atom stereocenters. The Morgan fingerprint density at radius 3 is 2.20 bits per heavy atom. The molecule has 15 heavy (non-hydrogen) atoms. The third-order valence-electron chi connectivity index (χ3n) is 2.88. The van der Waals surface area contributed by atoms with Crippen LogP contribution in [0.25, 0.3) is 0 Å². The van der Waals surface area contributed by atoms with Gasteiger partial charge in [-0.25, -0.2) is 0 Å². The van der Waals surface area contributed by atoms with Gasteiger partial charge < -0.3 is 10.6 Å². The molecular weight excluding hydrogens is 208 g/mol. The number of nitrogens with zero attached hydrogens (tertiary/aromatic N) is 1. The molecule has 2 N–H and O–H groups in total. The molecule has 2 nitrogen and oxygen atoms in total. The summed E-state index contributed by atoms with van der Waals surface area (Å²) in [7, 11) is 4.12. The van der Waals surface area contributed by atoms with Gasteiger partial charge in [-0.15, -0.1) is 0 Å². The van der Waals surface area contributed by atoms with E-state index in [4.69, 9.17) is 17.3 Å². The zero-order valence-corrected chi connectivity index (χ0v) is 10.3. The third kappa shape index (κ3) is 3.20. The summed E-state index contributed by atoms with van der Waals surface area (Å²) in [6, 6.07) is 8.36. The molecule has 1 aromatic rings. The van der Waals surface area contributed by atoms with E-state index in [0.717, 1.165) is 5.02 Å². The van der Waals surface area contributed by atoms with Crippen LogP contribution in [0.4, 0.5) is 0 Å². The molecule has 0 aliphatic heterocycles. The number of hydrogen-bond acceptors (Lipinski definition) is 2. The monoisotopic (exact) mass is 226 g/mol. The van der Waals surface area contributed by atoms with Gasteiger partial charge in [0, 0.05) is 17.6 Å². The Kier molecular flexibility index (Phi) is 4.58. The third-order valence-corrected chi connectivity index (χ3v) is 3.13. The van der Waals surface area contributed by atoms with Crippen LogP contribution in [0.5, 0.6) is 0 Å². The summed E-state index contributed by atoms with van der Waals surface area (Å²) in [5.41, 5.74) is 7.06. The fourth-order valence-electron chi connectivity index (χ4n) is 1.85. The van der Waals surface area contributed by atoms with Gasteiger partial charge in [-0.1, -0.05) is 30.7 Å². The summed E-state index contributed by atoms with van der Waals surface area (Å²) >= 11 is 5.86. The average molecular weight is 227 g/mol. The van der Waals surface area contributed by atoms with Crippen LogP contribution in [0.1, 0.15) is 18.4 Å². The summed E-state index contributed by atoms with van der Waals surface area (Å²) < 4.78 is 0. The topological polar surface area (TPSA) is 29.3 Å². The van der Waals surface area contributed by atoms with Crippen molar-refractivity contribution in [3.05, 3.63) is 34.9 Å². The van der Waals surface area contributed by atoms with E-state index in [9.17, 15) is 0 Å². The van der Waals surface area contributed by atoms with Crippen molar-refractivity contribution in [2.45, 2.75) is 18.9 Å². The number of halogens is 1. The van der Waals surface area contributed by atoms with Crippen LogP contribution in [0.2, 0.25) is 5.02 Å². The SMILES string of the molecule is CC(c1ccc(Cl)cc1)C(CN)N(C)C. The lowest BCUT2D eigenvalue weighted by Gasteiger charge is -2.29. The van der Waals surface area contributed by atoms with Crippen LogP contribution >= 0.6 is 11.6 Å². The highest BCUT2D eigenvalue weighted by molar-refractivity contribution is 6.30. The van der Waals surface area contributed by atoms with Gasteiger partial charge in [0.15, 0.2) is 0 Å². The molecular formula is C12H19ClN2. The minimum atomic E-state index is 0.367. The van der Waals surface area contributed by atoms with Gasteiger partial charge in [0.1, 0.15) is 0 Å². The van der Waals surface area contributed by atoms with Crippen molar-refractivity contribution in [2.24, 2.45) is 5.73 Å². The Bertz CT molecular complexity index is 295. The molecule has 0 radical (unpaired) electrons. The van der Waals surface area contributed by atoms with E-state index >= 15 is 0 Å². The van der Waals surface area contributed by atoms with Gasteiger partial charge in [0.05, 0.1) is 0 Å². The highest BCUT2D eigenvalue weighted by atomic mass is 35.5. The van der Waals surface area contributed by atoms with Crippen molar-refractivity contribution < 1.29 is 0 Å². The molecule has 2 unspecified atom stereocenters. The van der Waals surface area contributed by atoms with E-state index in [1.54, 1.807) is 0 Å². The Balaban J connectivity index is 2.82. The van der Waals surface area contributed by atoms with Gasteiger partial charge in [0.2, 0.25) is 0 Å². The van der Waals surface area contributed by atoms with Crippen LogP contribution in [-0.2, 0) is 0 Å². The van der Waals surface area contributed by atoms with Gasteiger partial charge in [-0.2, -0.15) is 0 Å². The molecule has 0 saturated heterocycles. The second-order valence-electron chi connectivity index (χ2n) is 4.11. The second-order valence-corrected chi connectivity index (χ2v) is 4.54. The Morgan fingerprint density at radius 2 is 1.80 bits per heavy atom. The Labute approximate surface area is 97.0 Å². The molecule has 0 amide bonds. The molecule has 1 rings (SSSR count). The van der Waals surface area contributed by atoms with Gasteiger partial charge >= 0.3 is 0 Å². The van der Waals surface area contributed by atoms with E-state index in [0.29, 0.717) is 18.5 Å². The van der Waals surface area contributed by atoms with Gasteiger partial charge in [0.25, 0.3) is 0 Å². The summed E-state index contributed by atoms with van der Waals surface area (Å²) in [6.45, 7) is 2.86. The fourth-order valence-corrected chi connectivity index (χ4v) is 1.98. The van der Waals surface area contributed by atoms with Crippen molar-refractivity contribution in [1.29, 1.82) is 0 Å². The van der Waals surface area contributed by atoms with Crippen molar-refractivity contribution in [2.75, 3.05) is 20.6 Å². The summed E-state index contributed by atoms with van der Waals surface area (Å²) in [6.07, 6.45) is 0. The fraction of sp³-hybridized carbons (Fsp3) is 0.500. The maximum atomic E-state index is 5.86. The normalized spacial score (nSPS) is 15.3. The van der Waals surface area contributed by atoms with E-state index in [1.807, 2.05) is 12.1 Å². The summed E-state index contributed by atoms with van der Waals surface area (Å²) in [5.74, 6) is 0.419. The Morgan fingerprint density at radius 1 is 1.27 bits per heavy atom. The molecule has 0 spiro atoms. The molecule has 0 aromatic heterocycles. The van der Waals surface area contributed by atoms with Crippen LogP contribution in [0.3, 0.4) is 0 Å². The number of benzene rings is 1. The summed E-state index contributed by atoms with van der Waals surface area (Å²) in [4.78, 5) is 2.17. The van der Waals surface area contributed by atoms with Crippen molar-refractivity contribution in [3.8, 4) is 0 Å². The quantitative estimate of drug-likeness (QED) is 0.854. The van der Waals surface area contributed by atoms with Crippen molar-refractivity contribution >= 4 is 11.6 Å². The number of likely N-dealkylation sites (N-methyl/N-ethyl adjacent to an activating group) is 1. The first-order valence-corrected chi connectivity index (χ1v) is 5.56. The first-order valence-electron chi connectivity index (χ1n) is 5.18. The van der Waals surface area contributed by atoms with Crippen LogP contribution in [-0.4, -0.2) is 31.6 Å². The Hall–Kier alpha value is -0.570. The van der Waals surface area contributed by atoms with E-state index in [-0.39, 0.29) is 0 Å². The molecule has 0 fully saturated rings. The second kappa shape index (κ2) is 5.50. The predicted molar refractivity (Wildman–Crippen MR) is 66.4 cm³/mol. The van der Waals surface area contributed by atoms with Crippen LogP contribution < -0.4 is 5.73 Å². The minimum absolute atomic E-state index is 0.367. The zero-order valence-electron chi connectivity index (χ0n) is 9.57. The first-order chi connectivity index (χ1) is 7.06. The number of rotatable bonds is 4. The first kappa shape index (κ1) is 12.5. The zero-order chi connectivity index (χ0) is 11.4. The van der Waals surface area contributed by atoms with E-state index < -0.39 is 0 Å². The van der Waals surface area contributed by atoms with E-state index in [2.05, 4.69) is 38.1 Å².